The van der Waals surface area contributed by atoms with Gasteiger partial charge in [0.15, 0.2) is 5.78 Å². The van der Waals surface area contributed by atoms with Crippen LogP contribution in [-0.4, -0.2) is 19.5 Å². The van der Waals surface area contributed by atoms with Crippen LogP contribution in [0.1, 0.15) is 25.2 Å². The average Bonchev–Trinajstić information content (AvgIpc) is 2.61. The van der Waals surface area contributed by atoms with Crippen LogP contribution < -0.4 is 5.32 Å². The first kappa shape index (κ1) is 19.1. The molecule has 0 radical (unpaired) electrons. The number of nitrogens with one attached hydrogen (secondary N) is 1. The summed E-state index contributed by atoms with van der Waals surface area (Å²) in [5.41, 5.74) is 1.79. The summed E-state index contributed by atoms with van der Waals surface area (Å²) in [6.45, 7) is 4.30. The van der Waals surface area contributed by atoms with Crippen LogP contribution in [0.15, 0.2) is 59.5 Å². The van der Waals surface area contributed by atoms with Gasteiger partial charge in [-0.05, 0) is 37.8 Å². The first-order valence-corrected chi connectivity index (χ1v) is 10.8. The Balaban J connectivity index is 2.45. The number of hydrogen-bond donors (Lipinski definition) is 1. The van der Waals surface area contributed by atoms with Gasteiger partial charge in [-0.25, -0.2) is 0 Å². The van der Waals surface area contributed by atoms with Gasteiger partial charge in [0.25, 0.3) is 0 Å². The highest BCUT2D eigenvalue weighted by Crippen LogP contribution is 2.61. The van der Waals surface area contributed by atoms with Crippen molar-refractivity contribution in [3.63, 3.8) is 0 Å². The van der Waals surface area contributed by atoms with Crippen LogP contribution in [0.25, 0.3) is 0 Å². The number of para-hydroxylation sites is 1. The zero-order valence-electron chi connectivity index (χ0n) is 14.3. The lowest BCUT2D eigenvalue weighted by Gasteiger charge is -2.28. The van der Waals surface area contributed by atoms with Gasteiger partial charge in [0.1, 0.15) is 0 Å². The van der Waals surface area contributed by atoms with E-state index in [4.69, 9.17) is 9.05 Å². The summed E-state index contributed by atoms with van der Waals surface area (Å²) in [7, 11) is -3.37. The maximum absolute atomic E-state index is 13.4. The van der Waals surface area contributed by atoms with Gasteiger partial charge < -0.3 is 14.4 Å². The SMILES string of the molecule is CCOP(=O)(OCC)C(Nc1ccccc1SC)c1ccccc1. The number of thioether (sulfide) groups is 1. The van der Waals surface area contributed by atoms with Gasteiger partial charge in [-0.2, -0.15) is 0 Å². The molecule has 0 aliphatic carbocycles. The molecule has 1 unspecified atom stereocenters. The quantitative estimate of drug-likeness (QED) is 0.450. The second-order valence-electron chi connectivity index (χ2n) is 5.03. The summed E-state index contributed by atoms with van der Waals surface area (Å²) in [6.07, 6.45) is 2.02. The minimum absolute atomic E-state index is 0.326. The summed E-state index contributed by atoms with van der Waals surface area (Å²) in [6, 6.07) is 17.6. The minimum Gasteiger partial charge on any atom is -0.367 e. The van der Waals surface area contributed by atoms with E-state index < -0.39 is 13.4 Å². The molecule has 0 spiro atoms. The fraction of sp³-hybridized carbons (Fsp3) is 0.333. The van der Waals surface area contributed by atoms with E-state index >= 15 is 0 Å². The molecule has 1 N–H and O–H groups in total. The van der Waals surface area contributed by atoms with Crippen molar-refractivity contribution >= 4 is 25.0 Å². The van der Waals surface area contributed by atoms with Crippen LogP contribution in [0.5, 0.6) is 0 Å². The first-order valence-electron chi connectivity index (χ1n) is 7.98. The van der Waals surface area contributed by atoms with E-state index in [1.165, 1.54) is 0 Å². The van der Waals surface area contributed by atoms with Gasteiger partial charge in [0.05, 0.1) is 13.2 Å². The molecule has 0 bridgehead atoms. The van der Waals surface area contributed by atoms with Gasteiger partial charge in [0, 0.05) is 10.6 Å². The molecule has 2 rings (SSSR count). The highest BCUT2D eigenvalue weighted by molar-refractivity contribution is 7.98. The van der Waals surface area contributed by atoms with E-state index in [-0.39, 0.29) is 0 Å². The van der Waals surface area contributed by atoms with Gasteiger partial charge in [0.2, 0.25) is 0 Å². The van der Waals surface area contributed by atoms with Crippen LogP contribution >= 0.6 is 19.4 Å². The molecule has 4 nitrogen and oxygen atoms in total. The molecular weight excluding hydrogens is 341 g/mol. The Hall–Kier alpha value is -1.26. The van der Waals surface area contributed by atoms with Crippen molar-refractivity contribution in [1.29, 1.82) is 0 Å². The minimum atomic E-state index is -3.37. The molecule has 6 heteroatoms. The topological polar surface area (TPSA) is 47.6 Å². The lowest BCUT2D eigenvalue weighted by molar-refractivity contribution is 0.214. The second kappa shape index (κ2) is 9.28. The van der Waals surface area contributed by atoms with Gasteiger partial charge >= 0.3 is 7.60 Å². The van der Waals surface area contributed by atoms with Crippen LogP contribution in [0.2, 0.25) is 0 Å². The van der Waals surface area contributed by atoms with Crippen molar-refractivity contribution in [3.05, 3.63) is 60.2 Å². The van der Waals surface area contributed by atoms with E-state index in [1.54, 1.807) is 11.8 Å². The van der Waals surface area contributed by atoms with Crippen LogP contribution in [0, 0.1) is 0 Å². The molecule has 0 amide bonds. The molecule has 0 saturated carbocycles. The summed E-state index contributed by atoms with van der Waals surface area (Å²) >= 11 is 1.64. The smallest absolute Gasteiger partial charge is 0.357 e. The van der Waals surface area contributed by atoms with Crippen molar-refractivity contribution in [3.8, 4) is 0 Å². The van der Waals surface area contributed by atoms with Crippen molar-refractivity contribution in [1.82, 2.24) is 0 Å². The Morgan fingerprint density at radius 3 is 2.17 bits per heavy atom. The predicted octanol–water partition coefficient (Wildman–Crippen LogP) is 5.79. The van der Waals surface area contributed by atoms with E-state index in [9.17, 15) is 4.57 Å². The third kappa shape index (κ3) is 4.64. The van der Waals surface area contributed by atoms with Crippen molar-refractivity contribution in [2.75, 3.05) is 24.8 Å². The number of rotatable bonds is 9. The Morgan fingerprint density at radius 1 is 1.00 bits per heavy atom. The average molecular weight is 365 g/mol. The summed E-state index contributed by atoms with van der Waals surface area (Å²) < 4.78 is 24.6. The fourth-order valence-electron chi connectivity index (χ4n) is 2.44. The van der Waals surface area contributed by atoms with Crippen molar-refractivity contribution in [2.45, 2.75) is 24.5 Å². The van der Waals surface area contributed by atoms with E-state index in [0.717, 1.165) is 16.1 Å². The molecule has 0 aliphatic heterocycles. The van der Waals surface area contributed by atoms with Gasteiger partial charge in [-0.1, -0.05) is 42.5 Å². The summed E-state index contributed by atoms with van der Waals surface area (Å²) in [5.74, 6) is -0.563. The number of hydrogen-bond acceptors (Lipinski definition) is 5. The monoisotopic (exact) mass is 365 g/mol. The molecule has 0 aromatic heterocycles. The normalized spacial score (nSPS) is 12.8. The molecule has 0 saturated heterocycles. The largest absolute Gasteiger partial charge is 0.367 e. The van der Waals surface area contributed by atoms with Crippen molar-refractivity contribution < 1.29 is 13.6 Å². The molecule has 130 valence electrons. The molecule has 0 heterocycles. The maximum atomic E-state index is 13.4. The third-order valence-corrected chi connectivity index (χ3v) is 6.54. The lowest BCUT2D eigenvalue weighted by Crippen LogP contribution is -2.15. The molecule has 2 aromatic rings. The van der Waals surface area contributed by atoms with Crippen LogP contribution in [-0.2, 0) is 13.6 Å². The molecular formula is C18H24NO3PS. The van der Waals surface area contributed by atoms with Crippen molar-refractivity contribution in [2.24, 2.45) is 0 Å². The summed E-state index contributed by atoms with van der Waals surface area (Å²) in [5, 5.41) is 3.39. The summed E-state index contributed by atoms with van der Waals surface area (Å²) in [4.78, 5) is 1.08. The van der Waals surface area contributed by atoms with E-state index in [1.807, 2.05) is 74.7 Å². The molecule has 24 heavy (non-hydrogen) atoms. The second-order valence-corrected chi connectivity index (χ2v) is 7.99. The molecule has 0 fully saturated rings. The highest BCUT2D eigenvalue weighted by Gasteiger charge is 2.37. The molecule has 1 atom stereocenters. The maximum Gasteiger partial charge on any atom is 0.357 e. The Kier molecular flexibility index (Phi) is 7.38. The van der Waals surface area contributed by atoms with Gasteiger partial charge in [-0.3, -0.25) is 4.57 Å². The Labute approximate surface area is 148 Å². The lowest BCUT2D eigenvalue weighted by atomic mass is 10.2. The van der Waals surface area contributed by atoms with Gasteiger partial charge in [-0.15, -0.1) is 11.8 Å². The number of benzene rings is 2. The zero-order chi connectivity index (χ0) is 17.4. The fourth-order valence-corrected chi connectivity index (χ4v) is 4.93. The van der Waals surface area contributed by atoms with E-state index in [2.05, 4.69) is 5.32 Å². The number of anilines is 1. The third-order valence-electron chi connectivity index (χ3n) is 3.45. The molecule has 0 aliphatic rings. The van der Waals surface area contributed by atoms with Crippen LogP contribution in [0.4, 0.5) is 5.69 Å². The Morgan fingerprint density at radius 2 is 1.58 bits per heavy atom. The first-order chi connectivity index (χ1) is 11.6. The zero-order valence-corrected chi connectivity index (χ0v) is 16.0. The van der Waals surface area contributed by atoms with E-state index in [0.29, 0.717) is 13.2 Å². The standard InChI is InChI=1S/C18H24NO3PS/c1-4-21-23(20,22-5-2)18(15-11-7-6-8-12-15)19-16-13-9-10-14-17(16)24-3/h6-14,18-19H,4-5H2,1-3H3. The van der Waals surface area contributed by atoms with Crippen LogP contribution in [0.3, 0.4) is 0 Å². The molecule has 2 aromatic carbocycles. The highest BCUT2D eigenvalue weighted by atomic mass is 32.2. The Bertz CT molecular complexity index is 671. The predicted molar refractivity (Wildman–Crippen MR) is 102 cm³/mol.